The van der Waals surface area contributed by atoms with E-state index in [1.807, 2.05) is 36.4 Å². The van der Waals surface area contributed by atoms with Gasteiger partial charge in [0.2, 0.25) is 0 Å². The lowest BCUT2D eigenvalue weighted by Crippen LogP contribution is -2.03. The summed E-state index contributed by atoms with van der Waals surface area (Å²) in [5, 5.41) is 9.07. The number of imidazole rings is 1. The number of aliphatic hydroxyl groups excluding tert-OH is 1. The Bertz CT molecular complexity index is 759. The highest BCUT2D eigenvalue weighted by Gasteiger charge is 2.08. The molecule has 1 N–H and O–H groups in total. The molecule has 3 aromatic rings. The molecule has 0 aliphatic heterocycles. The quantitative estimate of drug-likeness (QED) is 0.752. The summed E-state index contributed by atoms with van der Waals surface area (Å²) < 4.78 is 2.23. The standard InChI is InChI=1S/C19H20N2O/c22-15-7-13-19-20-17-11-4-5-12-18(17)21(19)14-6-10-16-8-2-1-3-9-16/h1-6,8-12,22H,7,13-15H2/b10-6+. The Morgan fingerprint density at radius 2 is 1.77 bits per heavy atom. The second kappa shape index (κ2) is 7.05. The number of fused-ring (bicyclic) bond motifs is 1. The maximum atomic E-state index is 9.07. The van der Waals surface area contributed by atoms with Crippen LogP contribution in [0.4, 0.5) is 0 Å². The summed E-state index contributed by atoms with van der Waals surface area (Å²) in [7, 11) is 0. The zero-order chi connectivity index (χ0) is 15.2. The number of aromatic nitrogens is 2. The molecule has 2 aromatic carbocycles. The van der Waals surface area contributed by atoms with E-state index in [4.69, 9.17) is 10.1 Å². The molecule has 0 amide bonds. The fourth-order valence-corrected chi connectivity index (χ4v) is 2.62. The Balaban J connectivity index is 1.86. The Hall–Kier alpha value is -2.39. The summed E-state index contributed by atoms with van der Waals surface area (Å²) in [5.74, 6) is 1.04. The molecule has 1 heterocycles. The normalized spacial score (nSPS) is 11.5. The largest absolute Gasteiger partial charge is 0.396 e. The third kappa shape index (κ3) is 3.26. The van der Waals surface area contributed by atoms with Gasteiger partial charge in [-0.1, -0.05) is 54.6 Å². The molecule has 112 valence electrons. The molecule has 0 saturated carbocycles. The van der Waals surface area contributed by atoms with Crippen LogP contribution in [0.25, 0.3) is 17.1 Å². The lowest BCUT2D eigenvalue weighted by molar-refractivity contribution is 0.287. The minimum absolute atomic E-state index is 0.197. The van der Waals surface area contributed by atoms with E-state index in [2.05, 4.69) is 34.9 Å². The van der Waals surface area contributed by atoms with Crippen molar-refractivity contribution in [2.45, 2.75) is 19.4 Å². The number of nitrogens with zero attached hydrogens (tertiary/aromatic N) is 2. The fourth-order valence-electron chi connectivity index (χ4n) is 2.62. The molecule has 0 aliphatic carbocycles. The van der Waals surface area contributed by atoms with Gasteiger partial charge in [-0.3, -0.25) is 0 Å². The van der Waals surface area contributed by atoms with Crippen molar-refractivity contribution in [3.8, 4) is 0 Å². The van der Waals surface area contributed by atoms with Crippen LogP contribution in [0.1, 0.15) is 17.8 Å². The van der Waals surface area contributed by atoms with Gasteiger partial charge >= 0.3 is 0 Å². The molecule has 3 rings (SSSR count). The van der Waals surface area contributed by atoms with Crippen LogP contribution >= 0.6 is 0 Å². The van der Waals surface area contributed by atoms with Crippen molar-refractivity contribution < 1.29 is 5.11 Å². The van der Waals surface area contributed by atoms with Crippen LogP contribution in [-0.2, 0) is 13.0 Å². The number of para-hydroxylation sites is 2. The average Bonchev–Trinajstić information content (AvgIpc) is 2.92. The smallest absolute Gasteiger partial charge is 0.110 e. The lowest BCUT2D eigenvalue weighted by atomic mass is 10.2. The molecule has 0 spiro atoms. The molecule has 1 aromatic heterocycles. The highest BCUT2D eigenvalue weighted by Crippen LogP contribution is 2.17. The van der Waals surface area contributed by atoms with Crippen molar-refractivity contribution in [1.29, 1.82) is 0 Å². The first kappa shape index (κ1) is 14.5. The van der Waals surface area contributed by atoms with Crippen molar-refractivity contribution in [1.82, 2.24) is 9.55 Å². The van der Waals surface area contributed by atoms with Crippen LogP contribution < -0.4 is 0 Å². The van der Waals surface area contributed by atoms with E-state index in [0.717, 1.165) is 36.2 Å². The molecular weight excluding hydrogens is 272 g/mol. The Kier molecular flexibility index (Phi) is 4.66. The molecule has 22 heavy (non-hydrogen) atoms. The second-order valence-electron chi connectivity index (χ2n) is 5.27. The monoisotopic (exact) mass is 292 g/mol. The summed E-state index contributed by atoms with van der Waals surface area (Å²) in [6.07, 6.45) is 5.83. The first-order chi connectivity index (χ1) is 10.9. The highest BCUT2D eigenvalue weighted by atomic mass is 16.2. The van der Waals surface area contributed by atoms with Crippen molar-refractivity contribution in [2.75, 3.05) is 6.61 Å². The van der Waals surface area contributed by atoms with E-state index in [1.54, 1.807) is 0 Å². The number of rotatable bonds is 6. The van der Waals surface area contributed by atoms with Gasteiger partial charge in [-0.05, 0) is 24.1 Å². The molecule has 3 heteroatoms. The second-order valence-corrected chi connectivity index (χ2v) is 5.27. The molecular formula is C19H20N2O. The van der Waals surface area contributed by atoms with Crippen LogP contribution in [0, 0.1) is 0 Å². The number of hydrogen-bond donors (Lipinski definition) is 1. The number of aliphatic hydroxyl groups is 1. The first-order valence-electron chi connectivity index (χ1n) is 7.65. The van der Waals surface area contributed by atoms with Gasteiger partial charge in [-0.2, -0.15) is 0 Å². The minimum Gasteiger partial charge on any atom is -0.396 e. The number of allylic oxidation sites excluding steroid dienone is 1. The molecule has 0 bridgehead atoms. The van der Waals surface area contributed by atoms with E-state index in [0.29, 0.717) is 0 Å². The van der Waals surface area contributed by atoms with Gasteiger partial charge in [0.25, 0.3) is 0 Å². The third-order valence-corrected chi connectivity index (χ3v) is 3.69. The van der Waals surface area contributed by atoms with Gasteiger partial charge in [0.1, 0.15) is 5.82 Å². The van der Waals surface area contributed by atoms with Gasteiger partial charge in [0, 0.05) is 19.6 Å². The zero-order valence-corrected chi connectivity index (χ0v) is 12.5. The zero-order valence-electron chi connectivity index (χ0n) is 12.5. The van der Waals surface area contributed by atoms with Gasteiger partial charge in [0.15, 0.2) is 0 Å². The summed E-state index contributed by atoms with van der Waals surface area (Å²) in [5.41, 5.74) is 3.36. The average molecular weight is 292 g/mol. The van der Waals surface area contributed by atoms with Crippen molar-refractivity contribution in [3.63, 3.8) is 0 Å². The first-order valence-corrected chi connectivity index (χ1v) is 7.65. The third-order valence-electron chi connectivity index (χ3n) is 3.69. The van der Waals surface area contributed by atoms with E-state index in [1.165, 1.54) is 5.56 Å². The van der Waals surface area contributed by atoms with Gasteiger partial charge in [-0.15, -0.1) is 0 Å². The number of aryl methyl sites for hydroxylation is 1. The van der Waals surface area contributed by atoms with E-state index < -0.39 is 0 Å². The molecule has 0 unspecified atom stereocenters. The lowest BCUT2D eigenvalue weighted by Gasteiger charge is -2.06. The van der Waals surface area contributed by atoms with Gasteiger partial charge < -0.3 is 9.67 Å². The molecule has 0 aliphatic rings. The molecule has 0 saturated heterocycles. The topological polar surface area (TPSA) is 38.1 Å². The van der Waals surface area contributed by atoms with Crippen molar-refractivity contribution in [2.24, 2.45) is 0 Å². The molecule has 3 nitrogen and oxygen atoms in total. The maximum Gasteiger partial charge on any atom is 0.110 e. The van der Waals surface area contributed by atoms with Crippen LogP contribution in [0.3, 0.4) is 0 Å². The van der Waals surface area contributed by atoms with Crippen LogP contribution in [0.2, 0.25) is 0 Å². The summed E-state index contributed by atoms with van der Waals surface area (Å²) in [4.78, 5) is 4.69. The van der Waals surface area contributed by atoms with Crippen molar-refractivity contribution in [3.05, 3.63) is 72.1 Å². The maximum absolute atomic E-state index is 9.07. The summed E-state index contributed by atoms with van der Waals surface area (Å²) in [6.45, 7) is 0.985. The molecule has 0 atom stereocenters. The fraction of sp³-hybridized carbons (Fsp3) is 0.211. The van der Waals surface area contributed by atoms with E-state index >= 15 is 0 Å². The predicted octanol–water partition coefficient (Wildman–Crippen LogP) is 3.67. The minimum atomic E-state index is 0.197. The van der Waals surface area contributed by atoms with Crippen LogP contribution in [0.15, 0.2) is 60.7 Å². The van der Waals surface area contributed by atoms with E-state index in [9.17, 15) is 0 Å². The summed E-state index contributed by atoms with van der Waals surface area (Å²) >= 11 is 0. The Morgan fingerprint density at radius 3 is 2.59 bits per heavy atom. The Labute approximate surface area is 130 Å². The number of hydrogen-bond acceptors (Lipinski definition) is 2. The Morgan fingerprint density at radius 1 is 1.00 bits per heavy atom. The number of benzene rings is 2. The SMILES string of the molecule is OCCCc1nc2ccccc2n1C/C=C/c1ccccc1. The molecule has 0 fully saturated rings. The molecule has 0 radical (unpaired) electrons. The highest BCUT2D eigenvalue weighted by molar-refractivity contribution is 5.76. The summed E-state index contributed by atoms with van der Waals surface area (Å²) in [6, 6.07) is 18.5. The van der Waals surface area contributed by atoms with Crippen LogP contribution in [0.5, 0.6) is 0 Å². The predicted molar refractivity (Wildman–Crippen MR) is 90.6 cm³/mol. The van der Waals surface area contributed by atoms with Gasteiger partial charge in [0.05, 0.1) is 11.0 Å². The van der Waals surface area contributed by atoms with E-state index in [-0.39, 0.29) is 6.61 Å². The van der Waals surface area contributed by atoms with Crippen molar-refractivity contribution >= 4 is 17.1 Å². The van der Waals surface area contributed by atoms with Gasteiger partial charge in [-0.25, -0.2) is 4.98 Å². The van der Waals surface area contributed by atoms with Crippen LogP contribution in [-0.4, -0.2) is 21.3 Å².